The predicted molar refractivity (Wildman–Crippen MR) is 68.4 cm³/mol. The van der Waals surface area contributed by atoms with Crippen molar-refractivity contribution >= 4 is 5.97 Å². The molecule has 1 aromatic carbocycles. The molecule has 0 N–H and O–H groups in total. The summed E-state index contributed by atoms with van der Waals surface area (Å²) >= 11 is 0. The van der Waals surface area contributed by atoms with E-state index in [4.69, 9.17) is 4.74 Å². The SMILES string of the molecule is CCOC(=O)c1c(C)ncn1Cc1ccc(F)cc1. The van der Waals surface area contributed by atoms with Gasteiger partial charge in [-0.1, -0.05) is 12.1 Å². The Morgan fingerprint density at radius 1 is 1.37 bits per heavy atom. The zero-order valence-corrected chi connectivity index (χ0v) is 10.9. The Kier molecular flexibility index (Phi) is 3.94. The third-order valence-electron chi connectivity index (χ3n) is 2.76. The molecule has 0 fully saturated rings. The topological polar surface area (TPSA) is 44.1 Å². The van der Waals surface area contributed by atoms with Crippen molar-refractivity contribution < 1.29 is 13.9 Å². The Morgan fingerprint density at radius 3 is 2.68 bits per heavy atom. The van der Waals surface area contributed by atoms with Gasteiger partial charge in [0, 0.05) is 6.54 Å². The summed E-state index contributed by atoms with van der Waals surface area (Å²) in [5.41, 5.74) is 1.95. The lowest BCUT2D eigenvalue weighted by molar-refractivity contribution is 0.0513. The van der Waals surface area contributed by atoms with Crippen molar-refractivity contribution in [3.05, 3.63) is 53.4 Å². The second-order valence-corrected chi connectivity index (χ2v) is 4.15. The van der Waals surface area contributed by atoms with Gasteiger partial charge in [-0.25, -0.2) is 14.2 Å². The van der Waals surface area contributed by atoms with Crippen LogP contribution in [-0.4, -0.2) is 22.1 Å². The van der Waals surface area contributed by atoms with Crippen LogP contribution in [-0.2, 0) is 11.3 Å². The molecule has 2 aromatic rings. The molecule has 0 amide bonds. The number of benzene rings is 1. The first-order chi connectivity index (χ1) is 9.11. The number of carbonyl (C=O) groups excluding carboxylic acids is 1. The number of carbonyl (C=O) groups is 1. The number of ether oxygens (including phenoxy) is 1. The van der Waals surface area contributed by atoms with Crippen molar-refractivity contribution in [3.63, 3.8) is 0 Å². The van der Waals surface area contributed by atoms with Gasteiger partial charge < -0.3 is 9.30 Å². The fourth-order valence-electron chi connectivity index (χ4n) is 1.85. The van der Waals surface area contributed by atoms with Crippen molar-refractivity contribution in [2.75, 3.05) is 6.61 Å². The maximum absolute atomic E-state index is 12.8. The van der Waals surface area contributed by atoms with Gasteiger partial charge in [-0.2, -0.15) is 0 Å². The summed E-state index contributed by atoms with van der Waals surface area (Å²) in [5.74, 6) is -0.671. The van der Waals surface area contributed by atoms with Crippen LogP contribution >= 0.6 is 0 Å². The van der Waals surface area contributed by atoms with E-state index < -0.39 is 0 Å². The summed E-state index contributed by atoms with van der Waals surface area (Å²) in [4.78, 5) is 16.0. The van der Waals surface area contributed by atoms with E-state index in [0.717, 1.165) is 5.56 Å². The van der Waals surface area contributed by atoms with E-state index in [2.05, 4.69) is 4.98 Å². The average Bonchev–Trinajstić information content (AvgIpc) is 2.74. The number of nitrogens with zero attached hydrogens (tertiary/aromatic N) is 2. The molecule has 0 radical (unpaired) electrons. The van der Waals surface area contributed by atoms with Gasteiger partial charge in [-0.15, -0.1) is 0 Å². The van der Waals surface area contributed by atoms with Crippen molar-refractivity contribution in [2.24, 2.45) is 0 Å². The van der Waals surface area contributed by atoms with Gasteiger partial charge in [0.2, 0.25) is 0 Å². The molecule has 0 aliphatic carbocycles. The van der Waals surface area contributed by atoms with Crippen LogP contribution in [0.25, 0.3) is 0 Å². The number of esters is 1. The molecule has 19 heavy (non-hydrogen) atoms. The number of aryl methyl sites for hydroxylation is 1. The number of hydrogen-bond donors (Lipinski definition) is 0. The van der Waals surface area contributed by atoms with Gasteiger partial charge in [0.25, 0.3) is 0 Å². The van der Waals surface area contributed by atoms with Crippen LogP contribution in [0.2, 0.25) is 0 Å². The number of rotatable bonds is 4. The highest BCUT2D eigenvalue weighted by Gasteiger charge is 2.17. The highest BCUT2D eigenvalue weighted by molar-refractivity contribution is 5.88. The largest absolute Gasteiger partial charge is 0.461 e. The molecule has 2 rings (SSSR count). The molecule has 5 heteroatoms. The number of aromatic nitrogens is 2. The molecular formula is C14H15FN2O2. The molecule has 1 aromatic heterocycles. The first-order valence-electron chi connectivity index (χ1n) is 6.05. The summed E-state index contributed by atoms with van der Waals surface area (Å²) in [5, 5.41) is 0. The lowest BCUT2D eigenvalue weighted by Crippen LogP contribution is -2.13. The van der Waals surface area contributed by atoms with Crippen LogP contribution < -0.4 is 0 Å². The Bertz CT molecular complexity index is 576. The third-order valence-corrected chi connectivity index (χ3v) is 2.76. The Balaban J connectivity index is 2.25. The van der Waals surface area contributed by atoms with Crippen LogP contribution in [0.15, 0.2) is 30.6 Å². The molecule has 0 aliphatic rings. The quantitative estimate of drug-likeness (QED) is 0.795. The molecule has 100 valence electrons. The second kappa shape index (κ2) is 5.65. The van der Waals surface area contributed by atoms with Crippen LogP contribution in [0.1, 0.15) is 28.7 Å². The minimum atomic E-state index is -0.389. The minimum Gasteiger partial charge on any atom is -0.461 e. The van der Waals surface area contributed by atoms with Gasteiger partial charge in [0.1, 0.15) is 5.82 Å². The van der Waals surface area contributed by atoms with Crippen molar-refractivity contribution in [3.8, 4) is 0 Å². The summed E-state index contributed by atoms with van der Waals surface area (Å²) < 4.78 is 19.6. The lowest BCUT2D eigenvalue weighted by Gasteiger charge is -2.08. The standard InChI is InChI=1S/C14H15FN2O2/c1-3-19-14(18)13-10(2)16-9-17(13)8-11-4-6-12(15)7-5-11/h4-7,9H,3,8H2,1-2H3. The molecule has 0 saturated carbocycles. The molecule has 0 aliphatic heterocycles. The smallest absolute Gasteiger partial charge is 0.356 e. The third kappa shape index (κ3) is 2.99. The van der Waals surface area contributed by atoms with E-state index in [9.17, 15) is 9.18 Å². The van der Waals surface area contributed by atoms with Crippen molar-refractivity contribution in [1.82, 2.24) is 9.55 Å². The molecule has 0 spiro atoms. The second-order valence-electron chi connectivity index (χ2n) is 4.15. The average molecular weight is 262 g/mol. The number of hydrogen-bond acceptors (Lipinski definition) is 3. The molecule has 0 unspecified atom stereocenters. The van der Waals surface area contributed by atoms with Gasteiger partial charge >= 0.3 is 5.97 Å². The zero-order chi connectivity index (χ0) is 13.8. The fraction of sp³-hybridized carbons (Fsp3) is 0.286. The lowest BCUT2D eigenvalue weighted by atomic mass is 10.2. The van der Waals surface area contributed by atoms with E-state index in [1.807, 2.05) is 0 Å². The first-order valence-corrected chi connectivity index (χ1v) is 6.05. The van der Waals surface area contributed by atoms with Crippen LogP contribution in [0.5, 0.6) is 0 Å². The highest BCUT2D eigenvalue weighted by Crippen LogP contribution is 2.12. The Morgan fingerprint density at radius 2 is 2.05 bits per heavy atom. The molecule has 1 heterocycles. The molecule has 0 bridgehead atoms. The van der Waals surface area contributed by atoms with E-state index >= 15 is 0 Å². The summed E-state index contributed by atoms with van der Waals surface area (Å²) in [6.07, 6.45) is 1.59. The number of halogens is 1. The van der Waals surface area contributed by atoms with Crippen molar-refractivity contribution in [2.45, 2.75) is 20.4 Å². The van der Waals surface area contributed by atoms with Crippen LogP contribution in [0, 0.1) is 12.7 Å². The molecule has 0 saturated heterocycles. The monoisotopic (exact) mass is 262 g/mol. The molecule has 4 nitrogen and oxygen atoms in total. The fourth-order valence-corrected chi connectivity index (χ4v) is 1.85. The highest BCUT2D eigenvalue weighted by atomic mass is 19.1. The summed E-state index contributed by atoms with van der Waals surface area (Å²) in [6, 6.07) is 6.14. The van der Waals surface area contributed by atoms with E-state index in [0.29, 0.717) is 24.5 Å². The first kappa shape index (κ1) is 13.3. The van der Waals surface area contributed by atoms with Gasteiger partial charge in [0.15, 0.2) is 5.69 Å². The van der Waals surface area contributed by atoms with Crippen LogP contribution in [0.3, 0.4) is 0 Å². The minimum absolute atomic E-state index is 0.281. The molecule has 0 atom stereocenters. The summed E-state index contributed by atoms with van der Waals surface area (Å²) in [7, 11) is 0. The molecular weight excluding hydrogens is 247 g/mol. The van der Waals surface area contributed by atoms with E-state index in [1.54, 1.807) is 36.9 Å². The van der Waals surface area contributed by atoms with E-state index in [1.165, 1.54) is 12.1 Å². The maximum atomic E-state index is 12.8. The Labute approximate surface area is 110 Å². The normalized spacial score (nSPS) is 10.5. The van der Waals surface area contributed by atoms with Crippen LogP contribution in [0.4, 0.5) is 4.39 Å². The van der Waals surface area contributed by atoms with Gasteiger partial charge in [0.05, 0.1) is 18.6 Å². The number of imidazole rings is 1. The summed E-state index contributed by atoms with van der Waals surface area (Å²) in [6.45, 7) is 4.29. The zero-order valence-electron chi connectivity index (χ0n) is 10.9. The maximum Gasteiger partial charge on any atom is 0.356 e. The van der Waals surface area contributed by atoms with Gasteiger partial charge in [-0.05, 0) is 31.5 Å². The Hall–Kier alpha value is -2.17. The van der Waals surface area contributed by atoms with Gasteiger partial charge in [-0.3, -0.25) is 0 Å². The van der Waals surface area contributed by atoms with E-state index in [-0.39, 0.29) is 11.8 Å². The predicted octanol–water partition coefficient (Wildman–Crippen LogP) is 2.56. The van der Waals surface area contributed by atoms with Crippen molar-refractivity contribution in [1.29, 1.82) is 0 Å².